The van der Waals surface area contributed by atoms with Crippen LogP contribution < -0.4 is 5.73 Å². The van der Waals surface area contributed by atoms with Gasteiger partial charge >= 0.3 is 0 Å². The van der Waals surface area contributed by atoms with Crippen molar-refractivity contribution in [3.63, 3.8) is 0 Å². The molecule has 2 N–H and O–H groups in total. The van der Waals surface area contributed by atoms with Crippen LogP contribution in [0.25, 0.3) is 0 Å². The van der Waals surface area contributed by atoms with Crippen molar-refractivity contribution in [1.82, 2.24) is 10.2 Å². The maximum absolute atomic E-state index is 5.58. The van der Waals surface area contributed by atoms with Crippen molar-refractivity contribution in [2.24, 2.45) is 5.73 Å². The molecular weight excluding hydrogens is 142 g/mol. The molecule has 0 amide bonds. The highest BCUT2D eigenvalue weighted by Crippen LogP contribution is 2.10. The van der Waals surface area contributed by atoms with Crippen molar-refractivity contribution in [1.29, 1.82) is 0 Å². The quantitative estimate of drug-likeness (QED) is 0.621. The number of terminal acetylenes is 1. The maximum atomic E-state index is 5.58. The molecule has 4 heteroatoms. The molecule has 0 saturated heterocycles. The summed E-state index contributed by atoms with van der Waals surface area (Å²) in [6, 6.07) is -0.332. The van der Waals surface area contributed by atoms with Crippen LogP contribution in [0.4, 0.5) is 0 Å². The molecule has 0 radical (unpaired) electrons. The molecular formula is C7H9N3O. The van der Waals surface area contributed by atoms with Crippen molar-refractivity contribution in [2.45, 2.75) is 19.4 Å². The van der Waals surface area contributed by atoms with Crippen LogP contribution in [0.15, 0.2) is 4.42 Å². The van der Waals surface area contributed by atoms with Gasteiger partial charge in [-0.15, -0.1) is 22.5 Å². The summed E-state index contributed by atoms with van der Waals surface area (Å²) < 4.78 is 5.06. The van der Waals surface area contributed by atoms with E-state index in [1.165, 1.54) is 0 Å². The average molecular weight is 151 g/mol. The molecule has 0 aromatic carbocycles. The zero-order valence-electron chi connectivity index (χ0n) is 6.24. The van der Waals surface area contributed by atoms with Gasteiger partial charge in [0.2, 0.25) is 11.8 Å². The van der Waals surface area contributed by atoms with Gasteiger partial charge in [0, 0.05) is 13.3 Å². The predicted molar refractivity (Wildman–Crippen MR) is 39.4 cm³/mol. The largest absolute Gasteiger partial charge is 0.424 e. The summed E-state index contributed by atoms with van der Waals surface area (Å²) in [5, 5.41) is 7.35. The van der Waals surface area contributed by atoms with Gasteiger partial charge in [-0.25, -0.2) is 0 Å². The predicted octanol–water partition coefficient (Wildman–Crippen LogP) is 0.401. The van der Waals surface area contributed by atoms with E-state index in [1.807, 2.05) is 0 Å². The van der Waals surface area contributed by atoms with Gasteiger partial charge in [-0.05, 0) is 0 Å². The Kier molecular flexibility index (Phi) is 2.24. The lowest BCUT2D eigenvalue weighted by Crippen LogP contribution is -2.09. The third kappa shape index (κ3) is 1.79. The average Bonchev–Trinajstić information content (AvgIpc) is 2.36. The highest BCUT2D eigenvalue weighted by molar-refractivity contribution is 4.96. The minimum Gasteiger partial charge on any atom is -0.424 e. The highest BCUT2D eigenvalue weighted by atomic mass is 16.4. The normalized spacial score (nSPS) is 12.5. The third-order valence-electron chi connectivity index (χ3n) is 1.20. The molecule has 1 aromatic heterocycles. The first-order chi connectivity index (χ1) is 5.24. The Balaban J connectivity index is 2.70. The third-order valence-corrected chi connectivity index (χ3v) is 1.20. The molecule has 0 bridgehead atoms. The van der Waals surface area contributed by atoms with Crippen LogP contribution in [0.3, 0.4) is 0 Å². The van der Waals surface area contributed by atoms with Crippen molar-refractivity contribution < 1.29 is 4.42 Å². The Labute approximate surface area is 64.8 Å². The lowest BCUT2D eigenvalue weighted by Gasteiger charge is -1.98. The van der Waals surface area contributed by atoms with Crippen LogP contribution >= 0.6 is 0 Å². The van der Waals surface area contributed by atoms with Crippen LogP contribution in [0.1, 0.15) is 24.2 Å². The molecule has 0 saturated carbocycles. The van der Waals surface area contributed by atoms with Crippen LogP contribution in [0, 0.1) is 19.3 Å². The van der Waals surface area contributed by atoms with Crippen LogP contribution in [-0.4, -0.2) is 10.2 Å². The van der Waals surface area contributed by atoms with Gasteiger partial charge in [-0.3, -0.25) is 0 Å². The summed E-state index contributed by atoms with van der Waals surface area (Å²) in [6.07, 6.45) is 5.47. The lowest BCUT2D eigenvalue weighted by atomic mass is 10.2. The van der Waals surface area contributed by atoms with Gasteiger partial charge in [0.25, 0.3) is 0 Å². The number of hydrogen-bond donors (Lipinski definition) is 1. The van der Waals surface area contributed by atoms with Crippen LogP contribution in [0.2, 0.25) is 0 Å². The van der Waals surface area contributed by atoms with E-state index in [1.54, 1.807) is 6.92 Å². The minimum atomic E-state index is -0.332. The van der Waals surface area contributed by atoms with Crippen molar-refractivity contribution in [2.75, 3.05) is 0 Å². The minimum absolute atomic E-state index is 0.332. The van der Waals surface area contributed by atoms with E-state index in [0.717, 1.165) is 0 Å². The fraction of sp³-hybridized carbons (Fsp3) is 0.429. The monoisotopic (exact) mass is 151 g/mol. The van der Waals surface area contributed by atoms with Gasteiger partial charge in [-0.2, -0.15) is 0 Å². The van der Waals surface area contributed by atoms with Crippen LogP contribution in [0.5, 0.6) is 0 Å². The second kappa shape index (κ2) is 3.17. The lowest BCUT2D eigenvalue weighted by molar-refractivity contribution is 0.433. The summed E-state index contributed by atoms with van der Waals surface area (Å²) in [5.74, 6) is 3.33. The fourth-order valence-corrected chi connectivity index (χ4v) is 0.676. The van der Waals surface area contributed by atoms with E-state index in [2.05, 4.69) is 16.1 Å². The highest BCUT2D eigenvalue weighted by Gasteiger charge is 2.10. The number of nitrogens with two attached hydrogens (primary N) is 1. The molecule has 0 unspecified atom stereocenters. The number of rotatable bonds is 2. The number of hydrogen-bond acceptors (Lipinski definition) is 4. The van der Waals surface area contributed by atoms with Gasteiger partial charge in [0.15, 0.2) is 0 Å². The fourth-order valence-electron chi connectivity index (χ4n) is 0.676. The Hall–Kier alpha value is -1.34. The Bertz CT molecular complexity index is 273. The van der Waals surface area contributed by atoms with E-state index in [0.29, 0.717) is 18.2 Å². The molecule has 1 aromatic rings. The molecule has 1 atom stereocenters. The first-order valence-corrected chi connectivity index (χ1v) is 3.23. The molecule has 11 heavy (non-hydrogen) atoms. The van der Waals surface area contributed by atoms with E-state index < -0.39 is 0 Å². The first kappa shape index (κ1) is 7.76. The molecule has 0 spiro atoms. The van der Waals surface area contributed by atoms with Crippen molar-refractivity contribution >= 4 is 0 Å². The van der Waals surface area contributed by atoms with Gasteiger partial charge in [0.05, 0.1) is 6.04 Å². The Morgan fingerprint density at radius 3 is 2.91 bits per heavy atom. The summed E-state index contributed by atoms with van der Waals surface area (Å²) in [7, 11) is 0. The second-order valence-electron chi connectivity index (χ2n) is 2.17. The van der Waals surface area contributed by atoms with Gasteiger partial charge < -0.3 is 10.2 Å². The van der Waals surface area contributed by atoms with E-state index >= 15 is 0 Å². The number of aryl methyl sites for hydroxylation is 1. The molecule has 58 valence electrons. The summed E-state index contributed by atoms with van der Waals surface area (Å²) in [6.45, 7) is 1.71. The molecule has 1 heterocycles. The Morgan fingerprint density at radius 2 is 2.45 bits per heavy atom. The smallest absolute Gasteiger partial charge is 0.234 e. The van der Waals surface area contributed by atoms with E-state index in [9.17, 15) is 0 Å². The molecule has 0 fully saturated rings. The first-order valence-electron chi connectivity index (χ1n) is 3.23. The zero-order valence-corrected chi connectivity index (χ0v) is 6.24. The summed E-state index contributed by atoms with van der Waals surface area (Å²) in [4.78, 5) is 0. The summed E-state index contributed by atoms with van der Waals surface area (Å²) >= 11 is 0. The van der Waals surface area contributed by atoms with Gasteiger partial charge in [0.1, 0.15) is 0 Å². The van der Waals surface area contributed by atoms with Crippen LogP contribution in [-0.2, 0) is 0 Å². The van der Waals surface area contributed by atoms with Gasteiger partial charge in [-0.1, -0.05) is 0 Å². The number of aromatic nitrogens is 2. The second-order valence-corrected chi connectivity index (χ2v) is 2.17. The molecule has 0 aliphatic rings. The van der Waals surface area contributed by atoms with Crippen molar-refractivity contribution in [3.8, 4) is 12.3 Å². The Morgan fingerprint density at radius 1 is 1.73 bits per heavy atom. The molecule has 0 aliphatic carbocycles. The molecule has 1 rings (SSSR count). The SMILES string of the molecule is C#CC[C@H](N)c1nnc(C)o1. The zero-order chi connectivity index (χ0) is 8.27. The maximum Gasteiger partial charge on any atom is 0.234 e. The molecule has 4 nitrogen and oxygen atoms in total. The molecule has 0 aliphatic heterocycles. The summed E-state index contributed by atoms with van der Waals surface area (Å²) in [5.41, 5.74) is 5.58. The standard InChI is InChI=1S/C7H9N3O/c1-3-4-6(8)7-10-9-5(2)11-7/h1,6H,4,8H2,2H3/t6-/m0/s1. The van der Waals surface area contributed by atoms with E-state index in [4.69, 9.17) is 16.6 Å². The van der Waals surface area contributed by atoms with Crippen molar-refractivity contribution in [3.05, 3.63) is 11.8 Å². The topological polar surface area (TPSA) is 64.9 Å². The number of nitrogens with zero attached hydrogens (tertiary/aromatic N) is 2. The van der Waals surface area contributed by atoms with E-state index in [-0.39, 0.29) is 6.04 Å².